The van der Waals surface area contributed by atoms with Crippen LogP contribution >= 0.6 is 0 Å². The van der Waals surface area contributed by atoms with E-state index in [4.69, 9.17) is 4.74 Å². The SMILES string of the molecule is C=C/C=C(\C=C)c1nn(/C=C(C)/C(C=C)=C(/C=C\CC)OC)c(C)c1C(=O)NC. The number of methoxy groups -OCH3 is 1. The Morgan fingerprint density at radius 1 is 1.28 bits per heavy atom. The third kappa shape index (κ3) is 5.57. The molecule has 0 aliphatic rings. The third-order valence-electron chi connectivity index (χ3n) is 4.33. The van der Waals surface area contributed by atoms with Crippen molar-refractivity contribution in [3.05, 3.63) is 90.0 Å². The van der Waals surface area contributed by atoms with Crippen LogP contribution in [0.5, 0.6) is 0 Å². The lowest BCUT2D eigenvalue weighted by atomic mass is 10.1. The zero-order valence-corrected chi connectivity index (χ0v) is 18.1. The lowest BCUT2D eigenvalue weighted by Crippen LogP contribution is -2.19. The van der Waals surface area contributed by atoms with Crippen molar-refractivity contribution in [1.82, 2.24) is 15.1 Å². The average molecular weight is 394 g/mol. The number of carbonyl (C=O) groups is 1. The Hall–Kier alpha value is -3.34. The van der Waals surface area contributed by atoms with E-state index in [1.807, 2.05) is 32.2 Å². The summed E-state index contributed by atoms with van der Waals surface area (Å²) in [5.41, 5.74) is 4.21. The fourth-order valence-corrected chi connectivity index (χ4v) is 2.82. The molecule has 0 aliphatic heterocycles. The van der Waals surface area contributed by atoms with Gasteiger partial charge in [0.05, 0.1) is 18.4 Å². The van der Waals surface area contributed by atoms with Crippen LogP contribution < -0.4 is 5.32 Å². The second-order valence-corrected chi connectivity index (χ2v) is 6.20. The number of hydrogen-bond donors (Lipinski definition) is 1. The number of nitrogens with zero attached hydrogens (tertiary/aromatic N) is 2. The largest absolute Gasteiger partial charge is 0.496 e. The molecule has 0 fully saturated rings. The Balaban J connectivity index is 3.70. The van der Waals surface area contributed by atoms with E-state index in [0.717, 1.165) is 23.1 Å². The highest BCUT2D eigenvalue weighted by Gasteiger charge is 2.21. The molecule has 154 valence electrons. The van der Waals surface area contributed by atoms with E-state index in [2.05, 4.69) is 37.1 Å². The number of allylic oxidation sites excluding steroid dienone is 9. The first-order valence-electron chi connectivity index (χ1n) is 9.42. The van der Waals surface area contributed by atoms with Crippen molar-refractivity contribution in [2.75, 3.05) is 14.2 Å². The molecule has 5 nitrogen and oxygen atoms in total. The van der Waals surface area contributed by atoms with E-state index in [1.165, 1.54) is 0 Å². The summed E-state index contributed by atoms with van der Waals surface area (Å²) < 4.78 is 7.21. The van der Waals surface area contributed by atoms with E-state index in [0.29, 0.717) is 22.7 Å². The van der Waals surface area contributed by atoms with Crippen LogP contribution in [0.15, 0.2) is 73.1 Å². The summed E-state index contributed by atoms with van der Waals surface area (Å²) in [6.45, 7) is 17.3. The fraction of sp³-hybridized carbons (Fsp3) is 0.250. The number of hydrogen-bond acceptors (Lipinski definition) is 3. The fourth-order valence-electron chi connectivity index (χ4n) is 2.82. The molecule has 0 radical (unpaired) electrons. The molecule has 1 N–H and O–H groups in total. The molecule has 0 saturated heterocycles. The van der Waals surface area contributed by atoms with Gasteiger partial charge in [-0.1, -0.05) is 57.0 Å². The summed E-state index contributed by atoms with van der Waals surface area (Å²) >= 11 is 0. The van der Waals surface area contributed by atoms with Gasteiger partial charge in [-0.05, 0) is 31.9 Å². The zero-order valence-electron chi connectivity index (χ0n) is 18.1. The van der Waals surface area contributed by atoms with Crippen molar-refractivity contribution in [2.24, 2.45) is 0 Å². The molecule has 0 spiro atoms. The second kappa shape index (κ2) is 11.5. The molecular formula is C24H31N3O2. The smallest absolute Gasteiger partial charge is 0.255 e. The van der Waals surface area contributed by atoms with E-state index in [9.17, 15) is 4.79 Å². The lowest BCUT2D eigenvalue weighted by molar-refractivity contribution is 0.0962. The standard InChI is InChI=1S/C24H31N3O2/c1-9-13-15-21(29-8)20(12-4)17(5)16-27-18(6)22(24(28)25-7)23(26-27)19(11-3)14-10-2/h10-16H,2-4,9H2,1,5-8H3,(H,25,28)/b15-13-,17-16+,19-14+,21-20-. The van der Waals surface area contributed by atoms with Gasteiger partial charge in [-0.3, -0.25) is 4.79 Å². The van der Waals surface area contributed by atoms with Gasteiger partial charge in [0.15, 0.2) is 0 Å². The van der Waals surface area contributed by atoms with Gasteiger partial charge < -0.3 is 10.1 Å². The van der Waals surface area contributed by atoms with Crippen molar-refractivity contribution in [3.8, 4) is 0 Å². The summed E-state index contributed by atoms with van der Waals surface area (Å²) in [7, 11) is 3.22. The maximum Gasteiger partial charge on any atom is 0.255 e. The highest BCUT2D eigenvalue weighted by molar-refractivity contribution is 6.00. The minimum Gasteiger partial charge on any atom is -0.496 e. The van der Waals surface area contributed by atoms with Crippen molar-refractivity contribution >= 4 is 17.7 Å². The third-order valence-corrected chi connectivity index (χ3v) is 4.33. The molecule has 0 aromatic carbocycles. The Morgan fingerprint density at radius 2 is 1.97 bits per heavy atom. The summed E-state index contributed by atoms with van der Waals surface area (Å²) in [5, 5.41) is 7.33. The predicted octanol–water partition coefficient (Wildman–Crippen LogP) is 5.22. The second-order valence-electron chi connectivity index (χ2n) is 6.20. The number of nitrogens with one attached hydrogen (secondary N) is 1. The molecule has 1 amide bonds. The summed E-state index contributed by atoms with van der Waals surface area (Å²) in [6.07, 6.45) is 13.5. The maximum atomic E-state index is 12.5. The zero-order chi connectivity index (χ0) is 22.0. The molecule has 29 heavy (non-hydrogen) atoms. The minimum atomic E-state index is -0.213. The number of amides is 1. The normalized spacial score (nSPS) is 13.1. The van der Waals surface area contributed by atoms with E-state index < -0.39 is 0 Å². The summed E-state index contributed by atoms with van der Waals surface area (Å²) in [6, 6.07) is 0. The lowest BCUT2D eigenvalue weighted by Gasteiger charge is -2.09. The Bertz CT molecular complexity index is 909. The molecular weight excluding hydrogens is 362 g/mol. The first-order chi connectivity index (χ1) is 13.9. The summed E-state index contributed by atoms with van der Waals surface area (Å²) in [4.78, 5) is 12.5. The Labute approximate surface area is 174 Å². The molecule has 0 bridgehead atoms. The molecule has 1 aromatic heterocycles. The van der Waals surface area contributed by atoms with Crippen molar-refractivity contribution in [3.63, 3.8) is 0 Å². The molecule has 0 atom stereocenters. The monoisotopic (exact) mass is 393 g/mol. The van der Waals surface area contributed by atoms with Gasteiger partial charge >= 0.3 is 0 Å². The first-order valence-corrected chi connectivity index (χ1v) is 9.42. The van der Waals surface area contributed by atoms with Crippen LogP contribution in [0.1, 0.15) is 42.0 Å². The Morgan fingerprint density at radius 3 is 2.45 bits per heavy atom. The average Bonchev–Trinajstić information content (AvgIpc) is 3.04. The van der Waals surface area contributed by atoms with E-state index >= 15 is 0 Å². The van der Waals surface area contributed by atoms with Crippen LogP contribution in [0.4, 0.5) is 0 Å². The van der Waals surface area contributed by atoms with Crippen molar-refractivity contribution in [1.29, 1.82) is 0 Å². The summed E-state index contributed by atoms with van der Waals surface area (Å²) in [5.74, 6) is 0.500. The highest BCUT2D eigenvalue weighted by Crippen LogP contribution is 2.25. The molecule has 1 aromatic rings. The van der Waals surface area contributed by atoms with E-state index in [1.54, 1.807) is 43.1 Å². The van der Waals surface area contributed by atoms with Crippen LogP contribution in [0.2, 0.25) is 0 Å². The van der Waals surface area contributed by atoms with Gasteiger partial charge in [0.1, 0.15) is 11.5 Å². The predicted molar refractivity (Wildman–Crippen MR) is 122 cm³/mol. The van der Waals surface area contributed by atoms with Gasteiger partial charge in [-0.2, -0.15) is 5.10 Å². The van der Waals surface area contributed by atoms with Crippen LogP contribution in [0.3, 0.4) is 0 Å². The number of ether oxygens (including phenoxy) is 1. The number of rotatable bonds is 10. The Kier molecular flexibility index (Phi) is 9.39. The number of aromatic nitrogens is 2. The van der Waals surface area contributed by atoms with Crippen LogP contribution in [0, 0.1) is 6.92 Å². The van der Waals surface area contributed by atoms with E-state index in [-0.39, 0.29) is 5.91 Å². The highest BCUT2D eigenvalue weighted by atomic mass is 16.5. The molecule has 5 heteroatoms. The van der Waals surface area contributed by atoms with Crippen LogP contribution in [-0.4, -0.2) is 29.8 Å². The molecule has 0 unspecified atom stereocenters. The maximum absolute atomic E-state index is 12.5. The van der Waals surface area contributed by atoms with Crippen LogP contribution in [0.25, 0.3) is 11.8 Å². The molecule has 0 saturated carbocycles. The quantitative estimate of drug-likeness (QED) is 0.438. The van der Waals surface area contributed by atoms with Gasteiger partial charge in [0.2, 0.25) is 0 Å². The number of carbonyl (C=O) groups excluding carboxylic acids is 1. The first kappa shape index (κ1) is 23.7. The minimum absolute atomic E-state index is 0.213. The molecule has 0 aliphatic carbocycles. The topological polar surface area (TPSA) is 56.2 Å². The van der Waals surface area contributed by atoms with Crippen molar-refractivity contribution < 1.29 is 9.53 Å². The molecule has 1 heterocycles. The van der Waals surface area contributed by atoms with Gasteiger partial charge in [-0.15, -0.1) is 0 Å². The van der Waals surface area contributed by atoms with Crippen molar-refractivity contribution in [2.45, 2.75) is 27.2 Å². The van der Waals surface area contributed by atoms with Crippen LogP contribution in [-0.2, 0) is 4.74 Å². The van der Waals surface area contributed by atoms with Gasteiger partial charge in [0, 0.05) is 24.4 Å². The van der Waals surface area contributed by atoms with Gasteiger partial charge in [-0.25, -0.2) is 4.68 Å². The molecule has 1 rings (SSSR count). The van der Waals surface area contributed by atoms with Gasteiger partial charge in [0.25, 0.3) is 5.91 Å².